The fraction of sp³-hybridized carbons (Fsp3) is 0.750. The molecule has 0 rings (SSSR count). The highest BCUT2D eigenvalue weighted by atomic mass is 32.2. The van der Waals surface area contributed by atoms with Gasteiger partial charge >= 0.3 is 0 Å². The third-order valence-electron chi connectivity index (χ3n) is 2.24. The maximum absolute atomic E-state index is 11.7. The molecule has 0 bridgehead atoms. The second-order valence-electron chi connectivity index (χ2n) is 3.94. The summed E-state index contributed by atoms with van der Waals surface area (Å²) in [5.74, 6) is 0.00996. The van der Waals surface area contributed by atoms with Crippen LogP contribution in [-0.4, -0.2) is 28.9 Å². The summed E-state index contributed by atoms with van der Waals surface area (Å²) in [5.41, 5.74) is 0. The van der Waals surface area contributed by atoms with Crippen LogP contribution in [0, 0.1) is 0 Å². The fourth-order valence-electron chi connectivity index (χ4n) is 1.54. The van der Waals surface area contributed by atoms with E-state index in [4.69, 9.17) is 0 Å². The van der Waals surface area contributed by atoms with Crippen molar-refractivity contribution in [2.75, 3.05) is 12.5 Å². The molecule has 0 saturated heterocycles. The molecule has 0 radical (unpaired) electrons. The minimum absolute atomic E-state index is 0.0520. The smallest absolute Gasteiger partial charge is 0.171 e. The van der Waals surface area contributed by atoms with Crippen LogP contribution in [0.15, 0.2) is 0 Å². The van der Waals surface area contributed by atoms with E-state index in [9.17, 15) is 9.59 Å². The molecule has 0 aliphatic heterocycles. The largest absolute Gasteiger partial charge is 0.294 e. The lowest BCUT2D eigenvalue weighted by molar-refractivity contribution is -0.115. The van der Waals surface area contributed by atoms with Crippen LogP contribution >= 0.6 is 10.5 Å². The lowest BCUT2D eigenvalue weighted by Crippen LogP contribution is -2.21. The minimum atomic E-state index is -0.203. The number of carbonyl (C=O) groups excluding carboxylic acids is 2. The monoisotopic (exact) mass is 230 g/mol. The Labute approximate surface area is 95.4 Å². The molecule has 0 aliphatic rings. The molecular weight excluding hydrogens is 208 g/mol. The Morgan fingerprint density at radius 1 is 1.07 bits per heavy atom. The number of hydrogen-bond donors (Lipinski definition) is 0. The molecule has 0 amide bonds. The van der Waals surface area contributed by atoms with E-state index in [2.05, 4.69) is 6.92 Å². The Kier molecular flexibility index (Phi) is 7.57. The molecule has 3 heteroatoms. The molecule has 2 nitrogen and oxygen atoms in total. The minimum Gasteiger partial charge on any atom is -0.294 e. The topological polar surface area (TPSA) is 34.1 Å². The Morgan fingerprint density at radius 2 is 1.67 bits per heavy atom. The summed E-state index contributed by atoms with van der Waals surface area (Å²) >= 11 is 0. The summed E-state index contributed by atoms with van der Waals surface area (Å²) in [6.45, 7) is 3.64. The first-order valence-electron chi connectivity index (χ1n) is 5.49. The van der Waals surface area contributed by atoms with Gasteiger partial charge in [0.2, 0.25) is 0 Å². The molecule has 0 spiro atoms. The van der Waals surface area contributed by atoms with E-state index in [1.54, 1.807) is 0 Å². The van der Waals surface area contributed by atoms with Gasteiger partial charge in [0.15, 0.2) is 11.6 Å². The molecule has 0 saturated carbocycles. The molecule has 0 aromatic carbocycles. The zero-order chi connectivity index (χ0) is 11.8. The van der Waals surface area contributed by atoms with Crippen molar-refractivity contribution in [2.24, 2.45) is 0 Å². The molecule has 0 aromatic heterocycles. The second kappa shape index (κ2) is 7.80. The predicted molar refractivity (Wildman–Crippen MR) is 68.9 cm³/mol. The number of hydrogen-bond acceptors (Lipinski definition) is 2. The maximum atomic E-state index is 11.7. The Morgan fingerprint density at radius 3 is 2.07 bits per heavy atom. The van der Waals surface area contributed by atoms with Crippen molar-refractivity contribution in [3.05, 3.63) is 0 Å². The lowest BCUT2D eigenvalue weighted by Gasteiger charge is -2.05. The van der Waals surface area contributed by atoms with Crippen molar-refractivity contribution in [2.45, 2.75) is 46.0 Å². The Balaban J connectivity index is 4.19. The van der Waals surface area contributed by atoms with Gasteiger partial charge in [-0.3, -0.25) is 9.59 Å². The summed E-state index contributed by atoms with van der Waals surface area (Å²) < 4.78 is 0. The first-order chi connectivity index (χ1) is 7.00. The normalized spacial score (nSPS) is 10.5. The van der Waals surface area contributed by atoms with Crippen LogP contribution in [-0.2, 0) is 9.59 Å². The van der Waals surface area contributed by atoms with E-state index >= 15 is 0 Å². The average Bonchev–Trinajstić information content (AvgIpc) is 2.11. The summed E-state index contributed by atoms with van der Waals surface area (Å²) in [5, 5.41) is 0. The molecule has 0 atom stereocenters. The van der Waals surface area contributed by atoms with E-state index in [1.807, 2.05) is 12.5 Å². The molecule has 0 fully saturated rings. The van der Waals surface area contributed by atoms with Crippen molar-refractivity contribution in [3.63, 3.8) is 0 Å². The zero-order valence-electron chi connectivity index (χ0n) is 10.3. The second-order valence-corrected chi connectivity index (χ2v) is 5.98. The highest BCUT2D eigenvalue weighted by Gasteiger charge is 2.14. The van der Waals surface area contributed by atoms with Gasteiger partial charge in [-0.2, -0.15) is 10.5 Å². The van der Waals surface area contributed by atoms with Gasteiger partial charge in [0.25, 0.3) is 0 Å². The number of unbranched alkanes of at least 4 members (excludes halogenated alkanes) is 3. The SMILES string of the molecule is CCCCCCC(=O)C(C(C)=O)=S(C)C. The van der Waals surface area contributed by atoms with Crippen LogP contribution in [0.5, 0.6) is 0 Å². The lowest BCUT2D eigenvalue weighted by atomic mass is 10.1. The quantitative estimate of drug-likeness (QED) is 0.383. The molecule has 0 N–H and O–H groups in total. The van der Waals surface area contributed by atoms with Gasteiger partial charge in [-0.1, -0.05) is 26.2 Å². The third-order valence-corrected chi connectivity index (χ3v) is 3.57. The summed E-state index contributed by atoms with van der Waals surface area (Å²) in [4.78, 5) is 23.5. The van der Waals surface area contributed by atoms with Gasteiger partial charge in [0, 0.05) is 6.42 Å². The predicted octanol–water partition coefficient (Wildman–Crippen LogP) is 2.82. The highest BCUT2D eigenvalue weighted by Crippen LogP contribution is 2.10. The zero-order valence-corrected chi connectivity index (χ0v) is 11.1. The van der Waals surface area contributed by atoms with Crippen molar-refractivity contribution in [1.29, 1.82) is 0 Å². The summed E-state index contributed by atoms with van der Waals surface area (Å²) in [7, 11) is -0.203. The highest BCUT2D eigenvalue weighted by molar-refractivity contribution is 8.16. The Bertz CT molecular complexity index is 263. The molecule has 0 heterocycles. The number of ketones is 2. The van der Waals surface area contributed by atoms with Crippen LogP contribution in [0.4, 0.5) is 0 Å². The van der Waals surface area contributed by atoms with Gasteiger partial charge in [-0.15, -0.1) is 0 Å². The van der Waals surface area contributed by atoms with Gasteiger partial charge in [-0.05, 0) is 25.9 Å². The first-order valence-corrected chi connectivity index (χ1v) is 7.53. The van der Waals surface area contributed by atoms with Crippen molar-refractivity contribution >= 4 is 26.9 Å². The molecule has 0 unspecified atom stereocenters. The van der Waals surface area contributed by atoms with Crippen LogP contribution in [0.1, 0.15) is 46.0 Å². The van der Waals surface area contributed by atoms with Gasteiger partial charge in [0.05, 0.1) is 4.86 Å². The van der Waals surface area contributed by atoms with Crippen LogP contribution < -0.4 is 0 Å². The fourth-order valence-corrected chi connectivity index (χ4v) is 2.67. The van der Waals surface area contributed by atoms with Crippen molar-refractivity contribution in [1.82, 2.24) is 0 Å². The molecule has 0 aliphatic carbocycles. The van der Waals surface area contributed by atoms with Crippen LogP contribution in [0.3, 0.4) is 0 Å². The molecule has 15 heavy (non-hydrogen) atoms. The summed E-state index contributed by atoms with van der Waals surface area (Å²) in [6, 6.07) is 0. The van der Waals surface area contributed by atoms with Crippen molar-refractivity contribution < 1.29 is 9.59 Å². The van der Waals surface area contributed by atoms with Gasteiger partial charge < -0.3 is 0 Å². The molecule has 0 aromatic rings. The van der Waals surface area contributed by atoms with E-state index in [0.29, 0.717) is 11.3 Å². The van der Waals surface area contributed by atoms with Crippen LogP contribution in [0.2, 0.25) is 0 Å². The van der Waals surface area contributed by atoms with E-state index in [1.165, 1.54) is 19.8 Å². The molecule has 88 valence electrons. The van der Waals surface area contributed by atoms with Gasteiger partial charge in [-0.25, -0.2) is 0 Å². The maximum Gasteiger partial charge on any atom is 0.171 e. The average molecular weight is 230 g/mol. The van der Waals surface area contributed by atoms with E-state index in [0.717, 1.165) is 12.8 Å². The molecular formula is C12H22O2S. The first kappa shape index (κ1) is 14.6. The number of carbonyl (C=O) groups is 2. The van der Waals surface area contributed by atoms with Crippen LogP contribution in [0.25, 0.3) is 0 Å². The summed E-state index contributed by atoms with van der Waals surface area (Å²) in [6.07, 6.45) is 8.76. The third kappa shape index (κ3) is 5.88. The number of rotatable bonds is 7. The Hall–Kier alpha value is -0.440. The number of Topliss-reactive ketones (excluding diaryl/α,β-unsaturated/α-hetero) is 2. The van der Waals surface area contributed by atoms with E-state index < -0.39 is 0 Å². The van der Waals surface area contributed by atoms with Crippen molar-refractivity contribution in [3.8, 4) is 0 Å². The van der Waals surface area contributed by atoms with Gasteiger partial charge in [0.1, 0.15) is 0 Å². The van der Waals surface area contributed by atoms with E-state index in [-0.39, 0.29) is 22.1 Å². The standard InChI is InChI=1S/C12H22O2S/c1-5-6-7-8-9-11(14)12(10(2)13)15(3)4/h5-9H2,1-4H3.